The van der Waals surface area contributed by atoms with Gasteiger partial charge in [-0.3, -0.25) is 0 Å². The molecule has 1 aromatic carbocycles. The van der Waals surface area contributed by atoms with Crippen molar-refractivity contribution in [1.82, 2.24) is 0 Å². The summed E-state index contributed by atoms with van der Waals surface area (Å²) >= 11 is 0. The van der Waals surface area contributed by atoms with Crippen LogP contribution in [-0.2, 0) is 9.47 Å². The first-order valence-electron chi connectivity index (χ1n) is 5.92. The van der Waals surface area contributed by atoms with E-state index >= 15 is 0 Å². The van der Waals surface area contributed by atoms with E-state index in [1.807, 2.05) is 6.07 Å². The van der Waals surface area contributed by atoms with E-state index in [0.717, 1.165) is 5.56 Å². The van der Waals surface area contributed by atoms with Crippen molar-refractivity contribution < 1.29 is 19.7 Å². The second-order valence-electron chi connectivity index (χ2n) is 4.17. The van der Waals surface area contributed by atoms with Gasteiger partial charge < -0.3 is 19.7 Å². The van der Waals surface area contributed by atoms with Crippen LogP contribution in [0.4, 0.5) is 0 Å². The molecule has 1 aromatic rings. The molecule has 1 aliphatic heterocycles. The molecule has 102 valence electrons. The quantitative estimate of drug-likeness (QED) is 0.477. The molecule has 1 aliphatic rings. The van der Waals surface area contributed by atoms with E-state index < -0.39 is 18.5 Å². The number of rotatable bonds is 5. The molecular formula is C12H15N3O4. The van der Waals surface area contributed by atoms with E-state index in [2.05, 4.69) is 10.0 Å². The lowest BCUT2D eigenvalue weighted by Crippen LogP contribution is -2.21. The monoisotopic (exact) mass is 265 g/mol. The van der Waals surface area contributed by atoms with E-state index in [9.17, 15) is 10.2 Å². The number of hydrogen-bond acceptors (Lipinski definition) is 5. The van der Waals surface area contributed by atoms with Crippen molar-refractivity contribution in [1.29, 1.82) is 0 Å². The molecule has 2 unspecified atom stereocenters. The van der Waals surface area contributed by atoms with Crippen LogP contribution < -0.4 is 0 Å². The normalized spacial score (nSPS) is 18.8. The second-order valence-corrected chi connectivity index (χ2v) is 4.17. The summed E-state index contributed by atoms with van der Waals surface area (Å²) in [5.74, 6) is 0. The summed E-state index contributed by atoms with van der Waals surface area (Å²) in [6.45, 7) is 0.895. The molecule has 0 spiro atoms. The highest BCUT2D eigenvalue weighted by Gasteiger charge is 2.22. The molecule has 2 N–H and O–H groups in total. The first-order valence-corrected chi connectivity index (χ1v) is 5.92. The Bertz CT molecular complexity index is 470. The van der Waals surface area contributed by atoms with Crippen LogP contribution in [0.1, 0.15) is 23.5 Å². The number of aliphatic hydroxyl groups is 2. The van der Waals surface area contributed by atoms with Gasteiger partial charge in [-0.1, -0.05) is 23.3 Å². The molecular weight excluding hydrogens is 250 g/mol. The molecule has 0 aliphatic carbocycles. The molecule has 2 atom stereocenters. The summed E-state index contributed by atoms with van der Waals surface area (Å²) in [5, 5.41) is 22.9. The highest BCUT2D eigenvalue weighted by atomic mass is 16.7. The standard InChI is InChI=1S/C12H15N3O4/c13-15-14-7-10(16)11(17)8-2-1-3-9(6-8)12-18-4-5-19-12/h1-3,6,10-12,16-17H,4-5,7H2. The second kappa shape index (κ2) is 6.51. The number of nitrogens with zero attached hydrogens (tertiary/aromatic N) is 3. The van der Waals surface area contributed by atoms with Gasteiger partial charge in [0.05, 0.1) is 25.9 Å². The van der Waals surface area contributed by atoms with Gasteiger partial charge >= 0.3 is 0 Å². The molecule has 0 saturated carbocycles. The van der Waals surface area contributed by atoms with Gasteiger partial charge in [0.15, 0.2) is 6.29 Å². The maximum atomic E-state index is 9.97. The molecule has 19 heavy (non-hydrogen) atoms. The number of azide groups is 1. The summed E-state index contributed by atoms with van der Waals surface area (Å²) in [6.07, 6.45) is -2.69. The first kappa shape index (κ1) is 13.8. The highest BCUT2D eigenvalue weighted by Crippen LogP contribution is 2.26. The van der Waals surface area contributed by atoms with Gasteiger partial charge in [0, 0.05) is 10.5 Å². The smallest absolute Gasteiger partial charge is 0.184 e. The van der Waals surface area contributed by atoms with Crippen molar-refractivity contribution in [3.8, 4) is 0 Å². The fourth-order valence-electron chi connectivity index (χ4n) is 1.88. The average Bonchev–Trinajstić information content (AvgIpc) is 2.98. The zero-order valence-corrected chi connectivity index (χ0v) is 10.2. The average molecular weight is 265 g/mol. The van der Waals surface area contributed by atoms with Crippen LogP contribution in [0.15, 0.2) is 29.4 Å². The molecule has 0 radical (unpaired) electrons. The fraction of sp³-hybridized carbons (Fsp3) is 0.500. The Kier molecular flexibility index (Phi) is 4.73. The van der Waals surface area contributed by atoms with Crippen molar-refractivity contribution in [2.75, 3.05) is 19.8 Å². The number of ether oxygens (including phenoxy) is 2. The Morgan fingerprint density at radius 2 is 2.11 bits per heavy atom. The molecule has 0 amide bonds. The molecule has 7 nitrogen and oxygen atoms in total. The molecule has 0 aromatic heterocycles. The van der Waals surface area contributed by atoms with Gasteiger partial charge in [-0.15, -0.1) is 0 Å². The minimum absolute atomic E-state index is 0.182. The van der Waals surface area contributed by atoms with Crippen molar-refractivity contribution in [3.63, 3.8) is 0 Å². The Hall–Kier alpha value is -1.63. The highest BCUT2D eigenvalue weighted by molar-refractivity contribution is 5.27. The largest absolute Gasteiger partial charge is 0.390 e. The summed E-state index contributed by atoms with van der Waals surface area (Å²) < 4.78 is 10.7. The van der Waals surface area contributed by atoms with Crippen LogP contribution in [0, 0.1) is 0 Å². The van der Waals surface area contributed by atoms with Crippen LogP contribution in [-0.4, -0.2) is 36.1 Å². The first-order chi connectivity index (χ1) is 9.22. The Morgan fingerprint density at radius 3 is 2.79 bits per heavy atom. The molecule has 2 rings (SSSR count). The lowest BCUT2D eigenvalue weighted by atomic mass is 10.0. The summed E-state index contributed by atoms with van der Waals surface area (Å²) in [7, 11) is 0. The van der Waals surface area contributed by atoms with Gasteiger partial charge in [-0.25, -0.2) is 0 Å². The third kappa shape index (κ3) is 3.44. The lowest BCUT2D eigenvalue weighted by molar-refractivity contribution is -0.0444. The van der Waals surface area contributed by atoms with Crippen molar-refractivity contribution in [3.05, 3.63) is 45.8 Å². The third-order valence-electron chi connectivity index (χ3n) is 2.84. The Morgan fingerprint density at radius 1 is 1.37 bits per heavy atom. The Labute approximate surface area is 110 Å². The van der Waals surface area contributed by atoms with E-state index in [0.29, 0.717) is 18.8 Å². The van der Waals surface area contributed by atoms with Crippen LogP contribution in [0.5, 0.6) is 0 Å². The van der Waals surface area contributed by atoms with Crippen LogP contribution in [0.2, 0.25) is 0 Å². The van der Waals surface area contributed by atoms with E-state index in [4.69, 9.17) is 15.0 Å². The molecule has 1 heterocycles. The zero-order chi connectivity index (χ0) is 13.7. The predicted octanol–water partition coefficient (Wildman–Crippen LogP) is 1.44. The van der Waals surface area contributed by atoms with Gasteiger partial charge in [0.2, 0.25) is 0 Å². The third-order valence-corrected chi connectivity index (χ3v) is 2.84. The van der Waals surface area contributed by atoms with Crippen molar-refractivity contribution in [2.24, 2.45) is 5.11 Å². The Balaban J connectivity index is 2.10. The molecule has 1 saturated heterocycles. The van der Waals surface area contributed by atoms with Crippen molar-refractivity contribution >= 4 is 0 Å². The van der Waals surface area contributed by atoms with E-state index in [1.54, 1.807) is 18.2 Å². The zero-order valence-electron chi connectivity index (χ0n) is 10.2. The summed E-state index contributed by atoms with van der Waals surface area (Å²) in [4.78, 5) is 2.55. The molecule has 0 bridgehead atoms. The summed E-state index contributed by atoms with van der Waals surface area (Å²) in [5.41, 5.74) is 9.50. The number of aliphatic hydroxyl groups excluding tert-OH is 2. The van der Waals surface area contributed by atoms with Crippen LogP contribution in [0.3, 0.4) is 0 Å². The van der Waals surface area contributed by atoms with Crippen LogP contribution in [0.25, 0.3) is 10.4 Å². The fourth-order valence-corrected chi connectivity index (χ4v) is 1.88. The number of hydrogen-bond donors (Lipinski definition) is 2. The molecule has 7 heteroatoms. The topological polar surface area (TPSA) is 108 Å². The minimum atomic E-state index is -1.14. The van der Waals surface area contributed by atoms with Gasteiger partial charge in [0.25, 0.3) is 0 Å². The predicted molar refractivity (Wildman–Crippen MR) is 66.1 cm³/mol. The minimum Gasteiger partial charge on any atom is -0.390 e. The van der Waals surface area contributed by atoms with Crippen molar-refractivity contribution in [2.45, 2.75) is 18.5 Å². The summed E-state index contributed by atoms with van der Waals surface area (Å²) in [6, 6.07) is 6.97. The maximum Gasteiger partial charge on any atom is 0.184 e. The maximum absolute atomic E-state index is 9.97. The van der Waals surface area contributed by atoms with Gasteiger partial charge in [-0.05, 0) is 17.2 Å². The van der Waals surface area contributed by atoms with Crippen LogP contribution >= 0.6 is 0 Å². The van der Waals surface area contributed by atoms with Gasteiger partial charge in [0.1, 0.15) is 6.10 Å². The molecule has 1 fully saturated rings. The SMILES string of the molecule is [N-]=[N+]=NCC(O)C(O)c1cccc(C2OCCO2)c1. The van der Waals surface area contributed by atoms with E-state index in [-0.39, 0.29) is 6.54 Å². The van der Waals surface area contributed by atoms with E-state index in [1.165, 1.54) is 0 Å². The lowest BCUT2D eigenvalue weighted by Gasteiger charge is -2.18. The number of benzene rings is 1. The van der Waals surface area contributed by atoms with Gasteiger partial charge in [-0.2, -0.15) is 0 Å².